The lowest BCUT2D eigenvalue weighted by Crippen LogP contribution is -2.51. The summed E-state index contributed by atoms with van der Waals surface area (Å²) in [6.07, 6.45) is 1.90. The van der Waals surface area contributed by atoms with Gasteiger partial charge in [-0.3, -0.25) is 14.5 Å². The lowest BCUT2D eigenvalue weighted by Gasteiger charge is -2.35. The van der Waals surface area contributed by atoms with Crippen molar-refractivity contribution in [2.24, 2.45) is 0 Å². The smallest absolute Gasteiger partial charge is 0.256 e. The van der Waals surface area contributed by atoms with Crippen LogP contribution in [-0.4, -0.2) is 65.3 Å². The number of amides is 2. The summed E-state index contributed by atoms with van der Waals surface area (Å²) in [5, 5.41) is 0. The van der Waals surface area contributed by atoms with Gasteiger partial charge in [-0.2, -0.15) is 0 Å². The van der Waals surface area contributed by atoms with Gasteiger partial charge in [0.05, 0.1) is 12.1 Å². The number of hydrogen-bond donors (Lipinski definition) is 0. The zero-order valence-corrected chi connectivity index (χ0v) is 16.8. The molecule has 0 N–H and O–H groups in total. The van der Waals surface area contributed by atoms with E-state index in [-0.39, 0.29) is 42.3 Å². The minimum absolute atomic E-state index is 0.0189. The van der Waals surface area contributed by atoms with Crippen LogP contribution in [0.25, 0.3) is 0 Å². The minimum atomic E-state index is -0.520. The Hall–Kier alpha value is -2.80. The highest BCUT2D eigenvalue weighted by molar-refractivity contribution is 5.94. The molecule has 0 unspecified atom stereocenters. The topological polar surface area (TPSA) is 43.9 Å². The molecule has 0 atom stereocenters. The van der Waals surface area contributed by atoms with Crippen molar-refractivity contribution in [3.8, 4) is 0 Å². The van der Waals surface area contributed by atoms with Crippen LogP contribution in [-0.2, 0) is 11.3 Å². The van der Waals surface area contributed by atoms with E-state index in [4.69, 9.17) is 0 Å². The van der Waals surface area contributed by atoms with Crippen LogP contribution in [0.1, 0.15) is 28.8 Å². The molecule has 5 nitrogen and oxygen atoms in total. The van der Waals surface area contributed by atoms with Crippen molar-refractivity contribution in [3.63, 3.8) is 0 Å². The van der Waals surface area contributed by atoms with E-state index in [9.17, 15) is 18.4 Å². The number of carbonyl (C=O) groups is 2. The summed E-state index contributed by atoms with van der Waals surface area (Å²) in [6, 6.07) is 12.7. The van der Waals surface area contributed by atoms with Gasteiger partial charge in [0.15, 0.2) is 0 Å². The zero-order valence-electron chi connectivity index (χ0n) is 16.8. The first-order chi connectivity index (χ1) is 14.5. The monoisotopic (exact) mass is 413 g/mol. The molecule has 30 heavy (non-hydrogen) atoms. The third-order valence-electron chi connectivity index (χ3n) is 5.73. The summed E-state index contributed by atoms with van der Waals surface area (Å²) in [5.74, 6) is -1.16. The van der Waals surface area contributed by atoms with Crippen molar-refractivity contribution in [2.45, 2.75) is 25.4 Å². The highest BCUT2D eigenvalue weighted by atomic mass is 19.1. The predicted octanol–water partition coefficient (Wildman–Crippen LogP) is 2.91. The third-order valence-corrected chi connectivity index (χ3v) is 5.73. The van der Waals surface area contributed by atoms with Crippen molar-refractivity contribution in [1.29, 1.82) is 0 Å². The summed E-state index contributed by atoms with van der Waals surface area (Å²) in [4.78, 5) is 30.9. The molecule has 1 heterocycles. The van der Waals surface area contributed by atoms with E-state index >= 15 is 0 Å². The normalized spacial score (nSPS) is 17.1. The van der Waals surface area contributed by atoms with E-state index in [1.54, 1.807) is 40.1 Å². The SMILES string of the molecule is O=C(c1ccccc1F)N1CCN(CC(=O)N(Cc2ccccc2F)C2CC2)CC1. The lowest BCUT2D eigenvalue weighted by atomic mass is 10.1. The maximum absolute atomic E-state index is 14.0. The summed E-state index contributed by atoms with van der Waals surface area (Å²) in [6.45, 7) is 2.50. The Labute approximate surface area is 174 Å². The van der Waals surface area contributed by atoms with Crippen molar-refractivity contribution in [1.82, 2.24) is 14.7 Å². The third kappa shape index (κ3) is 4.67. The fourth-order valence-electron chi connectivity index (χ4n) is 3.81. The van der Waals surface area contributed by atoms with Crippen LogP contribution in [0.15, 0.2) is 48.5 Å². The van der Waals surface area contributed by atoms with Gasteiger partial charge in [0.25, 0.3) is 5.91 Å². The molecule has 0 spiro atoms. The Kier molecular flexibility index (Phi) is 6.08. The van der Waals surface area contributed by atoms with Gasteiger partial charge in [-0.15, -0.1) is 0 Å². The molecule has 7 heteroatoms. The van der Waals surface area contributed by atoms with E-state index < -0.39 is 5.82 Å². The Morgan fingerprint density at radius 2 is 1.53 bits per heavy atom. The fourth-order valence-corrected chi connectivity index (χ4v) is 3.81. The van der Waals surface area contributed by atoms with Crippen molar-refractivity contribution in [3.05, 3.63) is 71.3 Å². The fraction of sp³-hybridized carbons (Fsp3) is 0.391. The molecular weight excluding hydrogens is 388 g/mol. The number of halogens is 2. The van der Waals surface area contributed by atoms with E-state index in [1.165, 1.54) is 18.2 Å². The molecule has 2 aliphatic rings. The maximum atomic E-state index is 14.0. The molecule has 2 aromatic rings. The molecular formula is C23H25F2N3O2. The Morgan fingerprint density at radius 3 is 2.17 bits per heavy atom. The average Bonchev–Trinajstić information content (AvgIpc) is 3.59. The standard InChI is InChI=1S/C23H25F2N3O2/c24-20-7-3-1-5-17(20)15-28(18-9-10-18)22(29)16-26-11-13-27(14-12-26)23(30)19-6-2-4-8-21(19)25/h1-8,18H,9-16H2. The Balaban J connectivity index is 1.33. The van der Waals surface area contributed by atoms with Crippen LogP contribution < -0.4 is 0 Å². The van der Waals surface area contributed by atoms with Crippen molar-refractivity contribution < 1.29 is 18.4 Å². The van der Waals surface area contributed by atoms with E-state index in [0.717, 1.165) is 12.8 Å². The second-order valence-electron chi connectivity index (χ2n) is 7.89. The lowest BCUT2D eigenvalue weighted by molar-refractivity contribution is -0.134. The summed E-state index contributed by atoms with van der Waals surface area (Å²) >= 11 is 0. The van der Waals surface area contributed by atoms with Gasteiger partial charge in [0, 0.05) is 44.3 Å². The molecule has 0 radical (unpaired) electrons. The van der Waals surface area contributed by atoms with Gasteiger partial charge in [-0.05, 0) is 31.0 Å². The Bertz CT molecular complexity index is 924. The van der Waals surface area contributed by atoms with Crippen molar-refractivity contribution in [2.75, 3.05) is 32.7 Å². The molecule has 158 valence electrons. The van der Waals surface area contributed by atoms with Crippen LogP contribution in [0.3, 0.4) is 0 Å². The largest absolute Gasteiger partial charge is 0.336 e. The van der Waals surface area contributed by atoms with Gasteiger partial charge in [0.1, 0.15) is 11.6 Å². The summed E-state index contributed by atoms with van der Waals surface area (Å²) < 4.78 is 27.9. The second-order valence-corrected chi connectivity index (χ2v) is 7.89. The molecule has 0 aromatic heterocycles. The maximum Gasteiger partial charge on any atom is 0.256 e. The summed E-state index contributed by atoms with van der Waals surface area (Å²) in [7, 11) is 0. The molecule has 2 aromatic carbocycles. The molecule has 2 amide bonds. The highest BCUT2D eigenvalue weighted by Gasteiger charge is 2.34. The van der Waals surface area contributed by atoms with E-state index in [2.05, 4.69) is 0 Å². The molecule has 1 saturated heterocycles. The van der Waals surface area contributed by atoms with Crippen molar-refractivity contribution >= 4 is 11.8 Å². The Morgan fingerprint density at radius 1 is 0.900 bits per heavy atom. The van der Waals surface area contributed by atoms with E-state index in [1.807, 2.05) is 4.90 Å². The van der Waals surface area contributed by atoms with Gasteiger partial charge >= 0.3 is 0 Å². The second kappa shape index (κ2) is 8.92. The number of piperazine rings is 1. The summed E-state index contributed by atoms with van der Waals surface area (Å²) in [5.41, 5.74) is 0.602. The quantitative estimate of drug-likeness (QED) is 0.732. The molecule has 1 saturated carbocycles. The molecule has 1 aliphatic carbocycles. The number of carbonyl (C=O) groups excluding carboxylic acids is 2. The molecule has 1 aliphatic heterocycles. The van der Waals surface area contributed by atoms with Gasteiger partial charge in [0.2, 0.25) is 5.91 Å². The van der Waals surface area contributed by atoms with Gasteiger partial charge in [-0.25, -0.2) is 8.78 Å². The van der Waals surface area contributed by atoms with E-state index in [0.29, 0.717) is 31.7 Å². The average molecular weight is 413 g/mol. The van der Waals surface area contributed by atoms with Crippen LogP contribution in [0, 0.1) is 11.6 Å². The predicted molar refractivity (Wildman–Crippen MR) is 109 cm³/mol. The van der Waals surface area contributed by atoms with Crippen LogP contribution in [0.4, 0.5) is 8.78 Å². The highest BCUT2D eigenvalue weighted by Crippen LogP contribution is 2.29. The molecule has 2 fully saturated rings. The molecule has 0 bridgehead atoms. The van der Waals surface area contributed by atoms with Crippen LogP contribution in [0.5, 0.6) is 0 Å². The minimum Gasteiger partial charge on any atom is -0.336 e. The molecule has 4 rings (SSSR count). The number of rotatable bonds is 6. The number of hydrogen-bond acceptors (Lipinski definition) is 3. The first-order valence-electron chi connectivity index (χ1n) is 10.3. The van der Waals surface area contributed by atoms with Gasteiger partial charge < -0.3 is 9.80 Å². The van der Waals surface area contributed by atoms with Crippen LogP contribution in [0.2, 0.25) is 0 Å². The van der Waals surface area contributed by atoms with Crippen LogP contribution >= 0.6 is 0 Å². The number of benzene rings is 2. The first-order valence-corrected chi connectivity index (χ1v) is 10.3. The first kappa shape index (κ1) is 20.5. The van der Waals surface area contributed by atoms with Gasteiger partial charge in [-0.1, -0.05) is 30.3 Å². The number of nitrogens with zero attached hydrogens (tertiary/aromatic N) is 3. The zero-order chi connectivity index (χ0) is 21.1.